The monoisotopic (exact) mass is 247 g/mol. The van der Waals surface area contributed by atoms with Crippen molar-refractivity contribution >= 4 is 17.2 Å². The summed E-state index contributed by atoms with van der Waals surface area (Å²) >= 11 is 1.37. The van der Waals surface area contributed by atoms with E-state index in [1.54, 1.807) is 13.2 Å². The maximum Gasteiger partial charge on any atom is 0.262 e. The average Bonchev–Trinajstić information content (AvgIpc) is 2.87. The highest BCUT2D eigenvalue weighted by atomic mass is 32.1. The zero-order valence-electron chi connectivity index (χ0n) is 9.43. The number of carbonyl (C=O) groups excluding carboxylic acids is 1. The molecule has 0 aliphatic carbocycles. The van der Waals surface area contributed by atoms with Crippen LogP contribution in [0.5, 0.6) is 0 Å². The SMILES string of the molecule is CNC(=O)c1cnc(-c2ccccc2CN)s1. The van der Waals surface area contributed by atoms with Gasteiger partial charge < -0.3 is 11.1 Å². The van der Waals surface area contributed by atoms with Gasteiger partial charge in [-0.2, -0.15) is 0 Å². The molecule has 0 aliphatic rings. The van der Waals surface area contributed by atoms with Crippen molar-refractivity contribution < 1.29 is 4.79 Å². The molecule has 5 heteroatoms. The lowest BCUT2D eigenvalue weighted by Crippen LogP contribution is -2.16. The van der Waals surface area contributed by atoms with Crippen molar-refractivity contribution in [2.75, 3.05) is 7.05 Å². The van der Waals surface area contributed by atoms with Crippen LogP contribution in [-0.4, -0.2) is 17.9 Å². The van der Waals surface area contributed by atoms with E-state index in [1.807, 2.05) is 24.3 Å². The maximum absolute atomic E-state index is 11.4. The molecule has 2 aromatic rings. The largest absolute Gasteiger partial charge is 0.354 e. The molecule has 0 aliphatic heterocycles. The molecule has 0 unspecified atom stereocenters. The van der Waals surface area contributed by atoms with Crippen LogP contribution in [0.1, 0.15) is 15.2 Å². The molecular formula is C12H13N3OS. The van der Waals surface area contributed by atoms with Gasteiger partial charge in [0, 0.05) is 19.2 Å². The first-order chi connectivity index (χ1) is 8.26. The molecule has 3 N–H and O–H groups in total. The van der Waals surface area contributed by atoms with Gasteiger partial charge in [0.05, 0.1) is 6.20 Å². The van der Waals surface area contributed by atoms with Crippen LogP contribution in [0.25, 0.3) is 10.6 Å². The van der Waals surface area contributed by atoms with Gasteiger partial charge in [0.2, 0.25) is 0 Å². The lowest BCUT2D eigenvalue weighted by atomic mass is 10.1. The fourth-order valence-corrected chi connectivity index (χ4v) is 2.46. The molecule has 0 saturated heterocycles. The summed E-state index contributed by atoms with van der Waals surface area (Å²) in [6.45, 7) is 0.463. The molecule has 1 amide bonds. The first-order valence-electron chi connectivity index (χ1n) is 5.22. The highest BCUT2D eigenvalue weighted by Crippen LogP contribution is 2.27. The Morgan fingerprint density at radius 2 is 2.24 bits per heavy atom. The molecule has 1 aromatic carbocycles. The average molecular weight is 247 g/mol. The van der Waals surface area contributed by atoms with Crippen molar-refractivity contribution in [3.05, 3.63) is 40.9 Å². The molecule has 0 spiro atoms. The van der Waals surface area contributed by atoms with E-state index in [0.717, 1.165) is 16.1 Å². The van der Waals surface area contributed by atoms with E-state index in [4.69, 9.17) is 5.73 Å². The van der Waals surface area contributed by atoms with Crippen molar-refractivity contribution in [3.63, 3.8) is 0 Å². The number of carbonyl (C=O) groups is 1. The third kappa shape index (κ3) is 2.35. The van der Waals surface area contributed by atoms with Crippen molar-refractivity contribution in [3.8, 4) is 10.6 Å². The number of rotatable bonds is 3. The Kier molecular flexibility index (Phi) is 3.51. The fourth-order valence-electron chi connectivity index (χ4n) is 1.53. The van der Waals surface area contributed by atoms with Crippen LogP contribution in [0, 0.1) is 0 Å². The summed E-state index contributed by atoms with van der Waals surface area (Å²) in [5.74, 6) is -0.112. The summed E-state index contributed by atoms with van der Waals surface area (Å²) in [4.78, 5) is 16.3. The van der Waals surface area contributed by atoms with Crippen molar-refractivity contribution in [2.24, 2.45) is 5.73 Å². The molecule has 1 heterocycles. The number of hydrogen-bond acceptors (Lipinski definition) is 4. The van der Waals surface area contributed by atoms with Crippen LogP contribution in [-0.2, 0) is 6.54 Å². The molecule has 2 rings (SSSR count). The number of amides is 1. The third-order valence-electron chi connectivity index (χ3n) is 2.42. The van der Waals surface area contributed by atoms with E-state index in [9.17, 15) is 4.79 Å². The van der Waals surface area contributed by atoms with Crippen LogP contribution in [0.2, 0.25) is 0 Å². The fraction of sp³-hybridized carbons (Fsp3) is 0.167. The van der Waals surface area contributed by atoms with Crippen molar-refractivity contribution in [1.82, 2.24) is 10.3 Å². The number of aromatic nitrogens is 1. The summed E-state index contributed by atoms with van der Waals surface area (Å²) in [7, 11) is 1.61. The minimum absolute atomic E-state index is 0.112. The summed E-state index contributed by atoms with van der Waals surface area (Å²) in [6, 6.07) is 7.82. The second kappa shape index (κ2) is 5.07. The van der Waals surface area contributed by atoms with Crippen molar-refractivity contribution in [1.29, 1.82) is 0 Å². The zero-order valence-corrected chi connectivity index (χ0v) is 10.3. The maximum atomic E-state index is 11.4. The third-order valence-corrected chi connectivity index (χ3v) is 3.45. The van der Waals surface area contributed by atoms with E-state index < -0.39 is 0 Å². The molecule has 0 saturated carbocycles. The number of benzene rings is 1. The highest BCUT2D eigenvalue weighted by Gasteiger charge is 2.11. The van der Waals surface area contributed by atoms with Gasteiger partial charge in [0.25, 0.3) is 5.91 Å². The molecule has 4 nitrogen and oxygen atoms in total. The van der Waals surface area contributed by atoms with E-state index in [2.05, 4.69) is 10.3 Å². The normalized spacial score (nSPS) is 10.2. The number of nitrogens with two attached hydrogens (primary N) is 1. The van der Waals surface area contributed by atoms with E-state index in [-0.39, 0.29) is 5.91 Å². The summed E-state index contributed by atoms with van der Waals surface area (Å²) in [5.41, 5.74) is 7.71. The molecule has 0 atom stereocenters. The Hall–Kier alpha value is -1.72. The number of hydrogen-bond donors (Lipinski definition) is 2. The van der Waals surface area contributed by atoms with Gasteiger partial charge in [0.1, 0.15) is 9.88 Å². The topological polar surface area (TPSA) is 68.0 Å². The second-order valence-electron chi connectivity index (χ2n) is 3.47. The van der Waals surface area contributed by atoms with E-state index in [0.29, 0.717) is 11.4 Å². The lowest BCUT2D eigenvalue weighted by molar-refractivity contribution is 0.0967. The van der Waals surface area contributed by atoms with Gasteiger partial charge >= 0.3 is 0 Å². The molecule has 0 bridgehead atoms. The summed E-state index contributed by atoms with van der Waals surface area (Å²) < 4.78 is 0. The Morgan fingerprint density at radius 3 is 2.94 bits per heavy atom. The first-order valence-corrected chi connectivity index (χ1v) is 6.04. The van der Waals surface area contributed by atoms with Crippen LogP contribution in [0.3, 0.4) is 0 Å². The Bertz CT molecular complexity index is 536. The van der Waals surface area contributed by atoms with Crippen molar-refractivity contribution in [2.45, 2.75) is 6.54 Å². The Balaban J connectivity index is 2.40. The minimum atomic E-state index is -0.112. The predicted molar refractivity (Wildman–Crippen MR) is 68.8 cm³/mol. The first kappa shape index (κ1) is 11.8. The molecule has 17 heavy (non-hydrogen) atoms. The standard InChI is InChI=1S/C12H13N3OS/c1-14-11(16)10-7-15-12(17-10)9-5-3-2-4-8(9)6-13/h2-5,7H,6,13H2,1H3,(H,14,16). The second-order valence-corrected chi connectivity index (χ2v) is 4.50. The number of nitrogens with zero attached hydrogens (tertiary/aromatic N) is 1. The Labute approximate surface area is 103 Å². The van der Waals surface area contributed by atoms with Gasteiger partial charge in [-0.15, -0.1) is 11.3 Å². The molecule has 88 valence electrons. The molecule has 0 fully saturated rings. The quantitative estimate of drug-likeness (QED) is 0.866. The summed E-state index contributed by atoms with van der Waals surface area (Å²) in [5, 5.41) is 3.41. The van der Waals surface area contributed by atoms with E-state index >= 15 is 0 Å². The van der Waals surface area contributed by atoms with Crippen LogP contribution < -0.4 is 11.1 Å². The minimum Gasteiger partial charge on any atom is -0.354 e. The molecule has 1 aromatic heterocycles. The van der Waals surface area contributed by atoms with Gasteiger partial charge in [0.15, 0.2) is 0 Å². The predicted octanol–water partition coefficient (Wildman–Crippen LogP) is 1.63. The van der Waals surface area contributed by atoms with E-state index in [1.165, 1.54) is 11.3 Å². The van der Waals surface area contributed by atoms with Crippen LogP contribution in [0.4, 0.5) is 0 Å². The van der Waals surface area contributed by atoms with Crippen LogP contribution in [0.15, 0.2) is 30.5 Å². The smallest absolute Gasteiger partial charge is 0.262 e. The number of nitrogens with one attached hydrogen (secondary N) is 1. The van der Waals surface area contributed by atoms with Gasteiger partial charge in [-0.1, -0.05) is 24.3 Å². The van der Waals surface area contributed by atoms with Crippen LogP contribution >= 0.6 is 11.3 Å². The zero-order chi connectivity index (χ0) is 12.3. The van der Waals surface area contributed by atoms with Gasteiger partial charge in [-0.3, -0.25) is 4.79 Å². The van der Waals surface area contributed by atoms with Gasteiger partial charge in [-0.25, -0.2) is 4.98 Å². The Morgan fingerprint density at radius 1 is 1.47 bits per heavy atom. The molecule has 0 radical (unpaired) electrons. The molecular weight excluding hydrogens is 234 g/mol. The van der Waals surface area contributed by atoms with Gasteiger partial charge in [-0.05, 0) is 5.56 Å². The lowest BCUT2D eigenvalue weighted by Gasteiger charge is -2.03. The number of thiazole rings is 1. The highest BCUT2D eigenvalue weighted by molar-refractivity contribution is 7.16. The summed E-state index contributed by atoms with van der Waals surface area (Å²) in [6.07, 6.45) is 1.59.